The zero-order valence-electron chi connectivity index (χ0n) is 12.0. The number of amides is 1. The first-order valence-corrected chi connectivity index (χ1v) is 7.69. The number of hydrogen-bond acceptors (Lipinski definition) is 2. The van der Waals surface area contributed by atoms with Crippen molar-refractivity contribution < 1.29 is 4.79 Å². The molecule has 5 heteroatoms. The Bertz CT molecular complexity index is 604. The van der Waals surface area contributed by atoms with Crippen molar-refractivity contribution in [2.45, 2.75) is 13.3 Å². The van der Waals surface area contributed by atoms with Crippen LogP contribution in [0.2, 0.25) is 0 Å². The van der Waals surface area contributed by atoms with Crippen LogP contribution in [0.15, 0.2) is 40.9 Å². The molecule has 2 rings (SSSR count). The first-order valence-electron chi connectivity index (χ1n) is 6.89. The molecular weight excluding hydrogens is 352 g/mol. The average molecular weight is 372 g/mol. The van der Waals surface area contributed by atoms with E-state index in [2.05, 4.69) is 33.5 Å². The average Bonchev–Trinajstić information content (AvgIpc) is 2.46. The van der Waals surface area contributed by atoms with Gasteiger partial charge in [-0.25, -0.2) is 0 Å². The minimum absolute atomic E-state index is 0. The molecule has 21 heavy (non-hydrogen) atoms. The standard InChI is InChI=1S/C16H19BrN2O.ClH/c1-2-7-18-8-9-19-16(20)15-11-13(17)10-12-5-3-4-6-14(12)15;/h3-6,10-11,18H,2,7-9H2,1H3,(H,19,20);1H. The van der Waals surface area contributed by atoms with Gasteiger partial charge in [0.05, 0.1) is 0 Å². The Morgan fingerprint density at radius 3 is 2.67 bits per heavy atom. The van der Waals surface area contributed by atoms with E-state index in [-0.39, 0.29) is 18.3 Å². The van der Waals surface area contributed by atoms with Gasteiger partial charge in [0.2, 0.25) is 0 Å². The highest BCUT2D eigenvalue weighted by Crippen LogP contribution is 2.24. The van der Waals surface area contributed by atoms with Crippen molar-refractivity contribution in [2.24, 2.45) is 0 Å². The third kappa shape index (κ3) is 4.99. The van der Waals surface area contributed by atoms with Crippen molar-refractivity contribution in [1.29, 1.82) is 0 Å². The summed E-state index contributed by atoms with van der Waals surface area (Å²) in [5.74, 6) is -0.0270. The first kappa shape index (κ1) is 18.0. The largest absolute Gasteiger partial charge is 0.351 e. The summed E-state index contributed by atoms with van der Waals surface area (Å²) in [5, 5.41) is 8.27. The van der Waals surface area contributed by atoms with Crippen LogP contribution in [0.25, 0.3) is 10.8 Å². The Labute approximate surface area is 140 Å². The van der Waals surface area contributed by atoms with Crippen molar-refractivity contribution in [3.05, 3.63) is 46.4 Å². The summed E-state index contributed by atoms with van der Waals surface area (Å²) < 4.78 is 0.922. The van der Waals surface area contributed by atoms with Crippen LogP contribution in [0.4, 0.5) is 0 Å². The summed E-state index contributed by atoms with van der Waals surface area (Å²) >= 11 is 3.46. The van der Waals surface area contributed by atoms with Gasteiger partial charge in [0.1, 0.15) is 0 Å². The molecular formula is C16H20BrClN2O. The second-order valence-corrected chi connectivity index (χ2v) is 5.60. The molecule has 0 heterocycles. The lowest BCUT2D eigenvalue weighted by atomic mass is 10.0. The molecule has 0 fully saturated rings. The van der Waals surface area contributed by atoms with E-state index < -0.39 is 0 Å². The monoisotopic (exact) mass is 370 g/mol. The van der Waals surface area contributed by atoms with Gasteiger partial charge in [-0.15, -0.1) is 12.4 Å². The van der Waals surface area contributed by atoms with Gasteiger partial charge in [0, 0.05) is 23.1 Å². The molecule has 0 aliphatic heterocycles. The minimum atomic E-state index is -0.0270. The molecule has 0 unspecified atom stereocenters. The highest BCUT2D eigenvalue weighted by molar-refractivity contribution is 9.10. The molecule has 0 aliphatic rings. The molecule has 0 saturated carbocycles. The van der Waals surface area contributed by atoms with Crippen LogP contribution in [0.5, 0.6) is 0 Å². The smallest absolute Gasteiger partial charge is 0.251 e. The number of rotatable bonds is 6. The van der Waals surface area contributed by atoms with Gasteiger partial charge in [0.15, 0.2) is 0 Å². The quantitative estimate of drug-likeness (QED) is 0.759. The Hall–Kier alpha value is -1.10. The van der Waals surface area contributed by atoms with E-state index in [1.165, 1.54) is 0 Å². The Morgan fingerprint density at radius 1 is 1.14 bits per heavy atom. The van der Waals surface area contributed by atoms with E-state index in [1.807, 2.05) is 36.4 Å². The van der Waals surface area contributed by atoms with E-state index in [1.54, 1.807) is 0 Å². The Morgan fingerprint density at radius 2 is 1.90 bits per heavy atom. The summed E-state index contributed by atoms with van der Waals surface area (Å²) in [5.41, 5.74) is 0.713. The van der Waals surface area contributed by atoms with Crippen LogP contribution in [0, 0.1) is 0 Å². The lowest BCUT2D eigenvalue weighted by Gasteiger charge is -2.09. The maximum absolute atomic E-state index is 12.3. The highest BCUT2D eigenvalue weighted by Gasteiger charge is 2.10. The maximum Gasteiger partial charge on any atom is 0.251 e. The molecule has 2 aromatic carbocycles. The Kier molecular flexibility index (Phi) is 7.72. The van der Waals surface area contributed by atoms with E-state index >= 15 is 0 Å². The number of halogens is 2. The third-order valence-corrected chi connectivity index (χ3v) is 3.54. The first-order chi connectivity index (χ1) is 9.72. The van der Waals surface area contributed by atoms with E-state index in [9.17, 15) is 4.79 Å². The number of benzene rings is 2. The van der Waals surface area contributed by atoms with Crippen LogP contribution in [0.1, 0.15) is 23.7 Å². The molecule has 0 atom stereocenters. The van der Waals surface area contributed by atoms with Crippen LogP contribution < -0.4 is 10.6 Å². The second-order valence-electron chi connectivity index (χ2n) is 4.68. The molecule has 3 nitrogen and oxygen atoms in total. The molecule has 2 aromatic rings. The fourth-order valence-corrected chi connectivity index (χ4v) is 2.60. The number of nitrogens with one attached hydrogen (secondary N) is 2. The molecule has 0 saturated heterocycles. The van der Waals surface area contributed by atoms with E-state index in [0.717, 1.165) is 34.8 Å². The molecule has 0 bridgehead atoms. The van der Waals surface area contributed by atoms with Gasteiger partial charge in [0.25, 0.3) is 5.91 Å². The molecule has 2 N–H and O–H groups in total. The molecule has 0 aliphatic carbocycles. The molecule has 0 spiro atoms. The number of hydrogen-bond donors (Lipinski definition) is 2. The third-order valence-electron chi connectivity index (χ3n) is 3.09. The van der Waals surface area contributed by atoms with Crippen LogP contribution in [0.3, 0.4) is 0 Å². The van der Waals surface area contributed by atoms with Gasteiger partial charge in [-0.3, -0.25) is 4.79 Å². The van der Waals surface area contributed by atoms with Crippen LogP contribution in [-0.4, -0.2) is 25.5 Å². The fourth-order valence-electron chi connectivity index (χ4n) is 2.12. The lowest BCUT2D eigenvalue weighted by molar-refractivity contribution is 0.0955. The molecule has 0 aromatic heterocycles. The number of carbonyl (C=O) groups is 1. The van der Waals surface area contributed by atoms with Gasteiger partial charge >= 0.3 is 0 Å². The van der Waals surface area contributed by atoms with Gasteiger partial charge in [-0.1, -0.05) is 47.1 Å². The number of carbonyl (C=O) groups excluding carboxylic acids is 1. The van der Waals surface area contributed by atoms with Crippen molar-refractivity contribution in [3.8, 4) is 0 Å². The SMILES string of the molecule is CCCNCCNC(=O)c1cc(Br)cc2ccccc12.Cl. The van der Waals surface area contributed by atoms with Gasteiger partial charge in [-0.05, 0) is 35.9 Å². The summed E-state index contributed by atoms with van der Waals surface area (Å²) in [6.07, 6.45) is 1.10. The highest BCUT2D eigenvalue weighted by atomic mass is 79.9. The molecule has 1 amide bonds. The fraction of sp³-hybridized carbons (Fsp3) is 0.312. The normalized spacial score (nSPS) is 10.2. The van der Waals surface area contributed by atoms with Crippen molar-refractivity contribution >= 4 is 45.0 Å². The molecule has 0 radical (unpaired) electrons. The van der Waals surface area contributed by atoms with E-state index in [0.29, 0.717) is 12.1 Å². The summed E-state index contributed by atoms with van der Waals surface area (Å²) in [4.78, 5) is 12.3. The van der Waals surface area contributed by atoms with Crippen LogP contribution in [-0.2, 0) is 0 Å². The maximum atomic E-state index is 12.3. The number of fused-ring (bicyclic) bond motifs is 1. The lowest BCUT2D eigenvalue weighted by Crippen LogP contribution is -2.32. The Balaban J connectivity index is 0.00000220. The predicted octanol–water partition coefficient (Wildman–Crippen LogP) is 3.75. The van der Waals surface area contributed by atoms with Crippen molar-refractivity contribution in [3.63, 3.8) is 0 Å². The molecule has 114 valence electrons. The minimum Gasteiger partial charge on any atom is -0.351 e. The van der Waals surface area contributed by atoms with Crippen molar-refractivity contribution in [1.82, 2.24) is 10.6 Å². The van der Waals surface area contributed by atoms with Gasteiger partial charge < -0.3 is 10.6 Å². The van der Waals surface area contributed by atoms with E-state index in [4.69, 9.17) is 0 Å². The van der Waals surface area contributed by atoms with Crippen molar-refractivity contribution in [2.75, 3.05) is 19.6 Å². The summed E-state index contributed by atoms with van der Waals surface area (Å²) in [6, 6.07) is 11.8. The van der Waals surface area contributed by atoms with Gasteiger partial charge in [-0.2, -0.15) is 0 Å². The summed E-state index contributed by atoms with van der Waals surface area (Å²) in [7, 11) is 0. The second kappa shape index (κ2) is 9.03. The zero-order chi connectivity index (χ0) is 14.4. The predicted molar refractivity (Wildman–Crippen MR) is 94.4 cm³/mol. The zero-order valence-corrected chi connectivity index (χ0v) is 14.4. The summed E-state index contributed by atoms with van der Waals surface area (Å²) in [6.45, 7) is 4.54. The topological polar surface area (TPSA) is 41.1 Å². The van der Waals surface area contributed by atoms with Crippen LogP contribution >= 0.6 is 28.3 Å².